The Labute approximate surface area is 172 Å². The lowest BCUT2D eigenvalue weighted by Gasteiger charge is -2.40. The second kappa shape index (κ2) is 10.0. The number of likely N-dealkylation sites (tertiary alicyclic amines) is 1. The SMILES string of the molecule is CCCCCN(c1cccs1)N(C=O)C1CCCN1C(=O)C(=O)C(C)(C)CC. The summed E-state index contributed by atoms with van der Waals surface area (Å²) >= 11 is 1.57. The van der Waals surface area contributed by atoms with Gasteiger partial charge < -0.3 is 4.90 Å². The molecule has 1 atom stereocenters. The molecule has 1 aliphatic heterocycles. The van der Waals surface area contributed by atoms with E-state index in [9.17, 15) is 14.4 Å². The standard InChI is InChI=1S/C21H33N3O3S/c1-5-7-8-14-23(18-12-10-15-28-18)24(16-25)17-11-9-13-22(17)20(27)19(26)21(3,4)6-2/h10,12,15-17H,5-9,11,13-14H2,1-4H3. The first-order chi connectivity index (χ1) is 13.4. The lowest BCUT2D eigenvalue weighted by Crippen LogP contribution is -2.56. The van der Waals surface area contributed by atoms with Crippen LogP contribution in [0.5, 0.6) is 0 Å². The Kier molecular flexibility index (Phi) is 8.04. The number of anilines is 1. The lowest BCUT2D eigenvalue weighted by molar-refractivity contribution is -0.153. The molecule has 1 saturated heterocycles. The second-order valence-corrected chi connectivity index (χ2v) is 8.88. The number of unbranched alkanes of at least 4 members (excludes halogenated alkanes) is 2. The Morgan fingerprint density at radius 2 is 2.07 bits per heavy atom. The highest BCUT2D eigenvalue weighted by Crippen LogP contribution is 2.30. The van der Waals surface area contributed by atoms with Gasteiger partial charge in [0.1, 0.15) is 11.2 Å². The van der Waals surface area contributed by atoms with Crippen molar-refractivity contribution in [1.82, 2.24) is 9.91 Å². The molecule has 0 aromatic carbocycles. The molecule has 1 aliphatic rings. The molecule has 0 N–H and O–H groups in total. The highest BCUT2D eigenvalue weighted by Gasteiger charge is 2.41. The summed E-state index contributed by atoms with van der Waals surface area (Å²) in [4.78, 5) is 39.4. The third-order valence-electron chi connectivity index (χ3n) is 5.60. The Morgan fingerprint density at radius 3 is 2.64 bits per heavy atom. The van der Waals surface area contributed by atoms with Gasteiger partial charge in [-0.05, 0) is 43.2 Å². The first-order valence-electron chi connectivity index (χ1n) is 10.3. The van der Waals surface area contributed by atoms with Crippen LogP contribution in [-0.4, -0.2) is 47.3 Å². The van der Waals surface area contributed by atoms with E-state index in [0.29, 0.717) is 25.9 Å². The highest BCUT2D eigenvalue weighted by atomic mass is 32.1. The molecule has 0 saturated carbocycles. The third kappa shape index (κ3) is 4.93. The molecular weight excluding hydrogens is 374 g/mol. The first kappa shape index (κ1) is 22.4. The topological polar surface area (TPSA) is 60.9 Å². The van der Waals surface area contributed by atoms with Crippen molar-refractivity contribution in [3.63, 3.8) is 0 Å². The molecule has 1 unspecified atom stereocenters. The smallest absolute Gasteiger partial charge is 0.292 e. The molecule has 1 aromatic rings. The number of carbonyl (C=O) groups is 3. The molecule has 156 valence electrons. The van der Waals surface area contributed by atoms with Gasteiger partial charge >= 0.3 is 0 Å². The van der Waals surface area contributed by atoms with Gasteiger partial charge in [0.2, 0.25) is 12.2 Å². The number of carbonyl (C=O) groups excluding carboxylic acids is 3. The van der Waals surface area contributed by atoms with Gasteiger partial charge in [-0.25, -0.2) is 5.01 Å². The number of ketones is 1. The highest BCUT2D eigenvalue weighted by molar-refractivity contribution is 7.14. The number of rotatable bonds is 11. The molecule has 0 bridgehead atoms. The van der Waals surface area contributed by atoms with Gasteiger partial charge in [-0.3, -0.25) is 19.4 Å². The van der Waals surface area contributed by atoms with Crippen molar-refractivity contribution in [2.24, 2.45) is 5.41 Å². The zero-order chi connectivity index (χ0) is 20.7. The Morgan fingerprint density at radius 1 is 1.32 bits per heavy atom. The predicted octanol–water partition coefficient (Wildman–Crippen LogP) is 4.07. The summed E-state index contributed by atoms with van der Waals surface area (Å²) in [6, 6.07) is 3.94. The van der Waals surface area contributed by atoms with Crippen LogP contribution in [0.2, 0.25) is 0 Å². The van der Waals surface area contributed by atoms with Crippen LogP contribution in [0.4, 0.5) is 5.00 Å². The molecule has 1 fully saturated rings. The van der Waals surface area contributed by atoms with Crippen molar-refractivity contribution in [3.05, 3.63) is 17.5 Å². The quantitative estimate of drug-likeness (QED) is 0.240. The number of hydrogen-bond acceptors (Lipinski definition) is 5. The van der Waals surface area contributed by atoms with Crippen LogP contribution >= 0.6 is 11.3 Å². The minimum atomic E-state index is -0.690. The largest absolute Gasteiger partial charge is 0.314 e. The molecule has 1 aromatic heterocycles. The number of hydrazine groups is 1. The van der Waals surface area contributed by atoms with Gasteiger partial charge in [0.25, 0.3) is 5.91 Å². The van der Waals surface area contributed by atoms with Gasteiger partial charge in [-0.1, -0.05) is 40.5 Å². The van der Waals surface area contributed by atoms with Crippen LogP contribution in [-0.2, 0) is 14.4 Å². The molecule has 0 radical (unpaired) electrons. The van der Waals surface area contributed by atoms with Crippen LogP contribution in [0.15, 0.2) is 17.5 Å². The van der Waals surface area contributed by atoms with E-state index < -0.39 is 17.5 Å². The molecule has 0 spiro atoms. The zero-order valence-electron chi connectivity index (χ0n) is 17.5. The molecular formula is C21H33N3O3S. The average Bonchev–Trinajstić information content (AvgIpc) is 3.38. The molecule has 2 heterocycles. The first-order valence-corrected chi connectivity index (χ1v) is 11.1. The van der Waals surface area contributed by atoms with Gasteiger partial charge in [-0.15, -0.1) is 11.3 Å². The third-order valence-corrected chi connectivity index (χ3v) is 6.48. The summed E-state index contributed by atoms with van der Waals surface area (Å²) in [6.45, 7) is 8.88. The Balaban J connectivity index is 2.25. The van der Waals surface area contributed by atoms with Gasteiger partial charge in [0.05, 0.1) is 0 Å². The Bertz CT molecular complexity index is 660. The van der Waals surface area contributed by atoms with E-state index in [0.717, 1.165) is 37.1 Å². The lowest BCUT2D eigenvalue weighted by atomic mass is 9.84. The van der Waals surface area contributed by atoms with Crippen molar-refractivity contribution in [2.75, 3.05) is 18.1 Å². The van der Waals surface area contributed by atoms with E-state index in [1.807, 2.05) is 29.4 Å². The maximum absolute atomic E-state index is 13.0. The molecule has 28 heavy (non-hydrogen) atoms. The van der Waals surface area contributed by atoms with Crippen molar-refractivity contribution in [3.8, 4) is 0 Å². The summed E-state index contributed by atoms with van der Waals surface area (Å²) < 4.78 is 0. The van der Waals surface area contributed by atoms with Gasteiger partial charge in [-0.2, -0.15) is 0 Å². The van der Waals surface area contributed by atoms with Crippen LogP contribution in [0.3, 0.4) is 0 Å². The Hall–Kier alpha value is -1.89. The van der Waals surface area contributed by atoms with Gasteiger partial charge in [0.15, 0.2) is 0 Å². The molecule has 0 aliphatic carbocycles. The number of amides is 2. The molecule has 7 heteroatoms. The second-order valence-electron chi connectivity index (χ2n) is 7.95. The summed E-state index contributed by atoms with van der Waals surface area (Å²) in [5.41, 5.74) is -0.690. The van der Waals surface area contributed by atoms with Gasteiger partial charge in [0, 0.05) is 18.5 Å². The number of nitrogens with zero attached hydrogens (tertiary/aromatic N) is 3. The van der Waals surface area contributed by atoms with E-state index in [1.165, 1.54) is 0 Å². The van der Waals surface area contributed by atoms with E-state index >= 15 is 0 Å². The predicted molar refractivity (Wildman–Crippen MR) is 113 cm³/mol. The van der Waals surface area contributed by atoms with Crippen LogP contribution in [0.25, 0.3) is 0 Å². The van der Waals surface area contributed by atoms with Crippen LogP contribution in [0.1, 0.15) is 66.2 Å². The monoisotopic (exact) mass is 407 g/mol. The summed E-state index contributed by atoms with van der Waals surface area (Å²) in [7, 11) is 0. The van der Waals surface area contributed by atoms with Crippen LogP contribution < -0.4 is 5.01 Å². The van der Waals surface area contributed by atoms with Crippen molar-refractivity contribution in [1.29, 1.82) is 0 Å². The minimum Gasteiger partial charge on any atom is -0.314 e. The molecule has 2 rings (SSSR count). The van der Waals surface area contributed by atoms with Crippen LogP contribution in [0, 0.1) is 5.41 Å². The zero-order valence-corrected chi connectivity index (χ0v) is 18.3. The number of Topliss-reactive ketones (excluding diaryl/α,β-unsaturated/α-hetero) is 1. The summed E-state index contributed by atoms with van der Waals surface area (Å²) in [6.07, 6.45) is 5.59. The minimum absolute atomic E-state index is 0.374. The normalized spacial score (nSPS) is 16.9. The summed E-state index contributed by atoms with van der Waals surface area (Å²) in [5, 5.41) is 6.55. The fraction of sp³-hybridized carbons (Fsp3) is 0.667. The molecule has 2 amide bonds. The fourth-order valence-corrected chi connectivity index (χ4v) is 4.16. The number of thiophene rings is 1. The van der Waals surface area contributed by atoms with E-state index in [4.69, 9.17) is 0 Å². The number of hydrogen-bond donors (Lipinski definition) is 0. The summed E-state index contributed by atoms with van der Waals surface area (Å²) in [5.74, 6) is -0.845. The maximum atomic E-state index is 13.0. The maximum Gasteiger partial charge on any atom is 0.292 e. The van der Waals surface area contributed by atoms with Crippen molar-refractivity contribution in [2.45, 2.75) is 72.4 Å². The van der Waals surface area contributed by atoms with E-state index in [2.05, 4.69) is 6.92 Å². The average molecular weight is 408 g/mol. The van der Waals surface area contributed by atoms with Crippen molar-refractivity contribution < 1.29 is 14.4 Å². The van der Waals surface area contributed by atoms with Crippen molar-refractivity contribution >= 4 is 34.4 Å². The fourth-order valence-electron chi connectivity index (χ4n) is 3.40. The van der Waals surface area contributed by atoms with E-state index in [-0.39, 0.29) is 5.78 Å². The van der Waals surface area contributed by atoms with E-state index in [1.54, 1.807) is 35.1 Å². The molecule has 6 nitrogen and oxygen atoms in total.